The van der Waals surface area contributed by atoms with Crippen molar-refractivity contribution in [3.8, 4) is 0 Å². The molecule has 12 N–H and O–H groups in total. The minimum absolute atomic E-state index is 0.126. The van der Waals surface area contributed by atoms with Gasteiger partial charge in [0.05, 0.1) is 38.6 Å². The summed E-state index contributed by atoms with van der Waals surface area (Å²) >= 11 is 0. The Hall–Kier alpha value is -1.47. The van der Waals surface area contributed by atoms with Crippen LogP contribution < -0.4 is 5.32 Å². The second-order valence-electron chi connectivity index (χ2n) is 21.1. The molecule has 3 rings (SSSR count). The Bertz CT molecular complexity index is 1410. The lowest BCUT2D eigenvalue weighted by molar-refractivity contribution is -0.379. The molecule has 0 aromatic carbocycles. The number of carbonyl (C=O) groups excluding carboxylic acids is 1. The molecule has 0 bridgehead atoms. The van der Waals surface area contributed by atoms with Crippen LogP contribution in [0.25, 0.3) is 0 Å². The van der Waals surface area contributed by atoms with Crippen LogP contribution in [-0.2, 0) is 33.2 Å². The number of hydrogen-bond acceptors (Lipinski definition) is 18. The first-order chi connectivity index (χ1) is 35.8. The number of aliphatic hydroxyl groups excluding tert-OH is 11. The quantitative estimate of drug-likeness (QED) is 0.0301. The van der Waals surface area contributed by atoms with Gasteiger partial charge in [0.25, 0.3) is 0 Å². The summed E-state index contributed by atoms with van der Waals surface area (Å²) in [5, 5.41) is 119. The molecule has 3 saturated heterocycles. The third kappa shape index (κ3) is 24.3. The molecule has 19 heteroatoms. The van der Waals surface area contributed by atoms with Crippen LogP contribution in [0, 0.1) is 0 Å². The lowest BCUT2D eigenvalue weighted by Gasteiger charge is -2.48. The number of nitrogens with one attached hydrogen (secondary N) is 1. The second kappa shape index (κ2) is 39.8. The van der Waals surface area contributed by atoms with Crippen molar-refractivity contribution in [2.45, 2.75) is 304 Å². The topological polar surface area (TPSA) is 307 Å². The predicted molar refractivity (Wildman–Crippen MR) is 277 cm³/mol. The van der Waals surface area contributed by atoms with E-state index >= 15 is 0 Å². The standard InChI is InChI=1S/C55H103NO18/c1-3-5-6-7-8-9-10-11-12-13-14-15-16-17-18-19-20-21-22-23-24-25-26-27-28-29-30-31-32-33-39(60)38(56-43(61)4-2)37-69-53-49(67)46(64)51(41(35-58)71-53)74-55-50(68)47(65)52(42(36-59)72-55)73-54-48(66)45(63)44(62)40(34-57)70-54/h32-33,38-42,44-55,57-60,62-68H,3-31,34-37H2,1-2H3,(H,56,61)/b33-32+. The second-order valence-corrected chi connectivity index (χ2v) is 21.1. The van der Waals surface area contributed by atoms with Gasteiger partial charge in [-0.25, -0.2) is 0 Å². The Morgan fingerprint density at radius 1 is 0.473 bits per heavy atom. The Labute approximate surface area is 442 Å². The number of aliphatic hydroxyl groups is 11. The van der Waals surface area contributed by atoms with Crippen molar-refractivity contribution in [2.75, 3.05) is 26.4 Å². The fourth-order valence-corrected chi connectivity index (χ4v) is 10.0. The fraction of sp³-hybridized carbons (Fsp3) is 0.945. The van der Waals surface area contributed by atoms with Crippen LogP contribution in [0.4, 0.5) is 0 Å². The van der Waals surface area contributed by atoms with Crippen LogP contribution >= 0.6 is 0 Å². The van der Waals surface area contributed by atoms with Gasteiger partial charge in [-0.3, -0.25) is 4.79 Å². The van der Waals surface area contributed by atoms with Crippen molar-refractivity contribution in [1.82, 2.24) is 5.32 Å². The maximum atomic E-state index is 12.4. The van der Waals surface area contributed by atoms with Gasteiger partial charge in [0.2, 0.25) is 5.91 Å². The van der Waals surface area contributed by atoms with Gasteiger partial charge < -0.3 is 89.9 Å². The average molecular weight is 1070 g/mol. The maximum absolute atomic E-state index is 12.4. The van der Waals surface area contributed by atoms with E-state index in [0.717, 1.165) is 25.7 Å². The summed E-state index contributed by atoms with van der Waals surface area (Å²) in [4.78, 5) is 12.4. The molecule has 17 unspecified atom stereocenters. The molecule has 19 nitrogen and oxygen atoms in total. The zero-order valence-electron chi connectivity index (χ0n) is 45.1. The van der Waals surface area contributed by atoms with Crippen molar-refractivity contribution in [3.05, 3.63) is 12.2 Å². The van der Waals surface area contributed by atoms with Crippen LogP contribution in [0.5, 0.6) is 0 Å². The van der Waals surface area contributed by atoms with Gasteiger partial charge in [0, 0.05) is 6.42 Å². The molecule has 0 aromatic heterocycles. The van der Waals surface area contributed by atoms with E-state index in [-0.39, 0.29) is 18.9 Å². The van der Waals surface area contributed by atoms with Crippen LogP contribution in [0.3, 0.4) is 0 Å². The third-order valence-corrected chi connectivity index (χ3v) is 14.9. The predicted octanol–water partition coefficient (Wildman–Crippen LogP) is 4.21. The van der Waals surface area contributed by atoms with Crippen LogP contribution in [0.15, 0.2) is 12.2 Å². The maximum Gasteiger partial charge on any atom is 0.220 e. The van der Waals surface area contributed by atoms with Crippen molar-refractivity contribution in [1.29, 1.82) is 0 Å². The van der Waals surface area contributed by atoms with E-state index in [1.807, 2.05) is 6.08 Å². The molecule has 0 aliphatic carbocycles. The molecule has 3 heterocycles. The van der Waals surface area contributed by atoms with Gasteiger partial charge in [-0.05, 0) is 12.8 Å². The number of rotatable bonds is 42. The molecule has 17 atom stereocenters. The molecule has 3 aliphatic rings. The minimum atomic E-state index is -1.97. The van der Waals surface area contributed by atoms with Gasteiger partial charge >= 0.3 is 0 Å². The number of unbranched alkanes of at least 4 members (excludes halogenated alkanes) is 27. The average Bonchev–Trinajstić information content (AvgIpc) is 3.40. The summed E-state index contributed by atoms with van der Waals surface area (Å²) in [6.07, 6.45) is 13.8. The first-order valence-electron chi connectivity index (χ1n) is 28.9. The van der Waals surface area contributed by atoms with Gasteiger partial charge in [-0.2, -0.15) is 0 Å². The fourth-order valence-electron chi connectivity index (χ4n) is 10.0. The lowest BCUT2D eigenvalue weighted by atomic mass is 9.96. The Morgan fingerprint density at radius 2 is 0.824 bits per heavy atom. The molecule has 0 aromatic rings. The first kappa shape index (κ1) is 66.8. The van der Waals surface area contributed by atoms with Crippen molar-refractivity contribution < 1.29 is 89.4 Å². The number of amides is 1. The Morgan fingerprint density at radius 3 is 1.22 bits per heavy atom. The Balaban J connectivity index is 1.28. The zero-order valence-corrected chi connectivity index (χ0v) is 45.1. The molecule has 0 radical (unpaired) electrons. The van der Waals surface area contributed by atoms with Gasteiger partial charge in [0.1, 0.15) is 73.2 Å². The summed E-state index contributed by atoms with van der Waals surface area (Å²) in [6.45, 7) is 1.15. The highest BCUT2D eigenvalue weighted by molar-refractivity contribution is 5.75. The smallest absolute Gasteiger partial charge is 0.220 e. The van der Waals surface area contributed by atoms with E-state index in [0.29, 0.717) is 0 Å². The summed E-state index contributed by atoms with van der Waals surface area (Å²) in [5.41, 5.74) is 0. The van der Waals surface area contributed by atoms with Crippen LogP contribution in [0.1, 0.15) is 200 Å². The largest absolute Gasteiger partial charge is 0.394 e. The van der Waals surface area contributed by atoms with E-state index in [1.54, 1.807) is 13.0 Å². The van der Waals surface area contributed by atoms with Gasteiger partial charge in [0.15, 0.2) is 18.9 Å². The van der Waals surface area contributed by atoms with Crippen LogP contribution in [-0.4, -0.2) is 193 Å². The van der Waals surface area contributed by atoms with Crippen molar-refractivity contribution >= 4 is 5.91 Å². The molecule has 0 saturated carbocycles. The van der Waals surface area contributed by atoms with E-state index in [9.17, 15) is 61.0 Å². The molecular formula is C55H103NO18. The SMILES string of the molecule is CCCCCCCCCCCCCCCCCCCCCCCCCCCCC/C=C/C(O)C(COC1OC(CO)C(OC2OC(CO)C(OC3OC(CO)C(O)C(O)C3O)C(O)C2O)C(O)C1O)NC(=O)CC. The monoisotopic (exact) mass is 1070 g/mol. The number of ether oxygens (including phenoxy) is 6. The van der Waals surface area contributed by atoms with Crippen molar-refractivity contribution in [2.24, 2.45) is 0 Å². The number of hydrogen-bond donors (Lipinski definition) is 12. The highest BCUT2D eigenvalue weighted by Gasteiger charge is 2.53. The van der Waals surface area contributed by atoms with Crippen molar-refractivity contribution in [3.63, 3.8) is 0 Å². The summed E-state index contributed by atoms with van der Waals surface area (Å²) in [6, 6.07) is -0.965. The van der Waals surface area contributed by atoms with E-state index in [4.69, 9.17) is 28.4 Å². The Kier molecular flexibility index (Phi) is 35.9. The molecule has 74 heavy (non-hydrogen) atoms. The molecule has 1 amide bonds. The highest BCUT2D eigenvalue weighted by Crippen LogP contribution is 2.33. The summed E-state index contributed by atoms with van der Waals surface area (Å²) < 4.78 is 33.8. The van der Waals surface area contributed by atoms with E-state index in [2.05, 4.69) is 12.2 Å². The molecule has 0 spiro atoms. The molecule has 3 aliphatic heterocycles. The van der Waals surface area contributed by atoms with Crippen LogP contribution in [0.2, 0.25) is 0 Å². The van der Waals surface area contributed by atoms with E-state index < -0.39 is 124 Å². The minimum Gasteiger partial charge on any atom is -0.394 e. The number of carbonyl (C=O) groups is 1. The number of allylic oxidation sites excluding steroid dienone is 1. The van der Waals surface area contributed by atoms with Gasteiger partial charge in [-0.1, -0.05) is 193 Å². The zero-order chi connectivity index (χ0) is 54.1. The normalized spacial score (nSPS) is 31.5. The van der Waals surface area contributed by atoms with E-state index in [1.165, 1.54) is 154 Å². The summed E-state index contributed by atoms with van der Waals surface area (Å²) in [7, 11) is 0. The summed E-state index contributed by atoms with van der Waals surface area (Å²) in [5.74, 6) is -0.362. The molecular weight excluding hydrogens is 963 g/mol. The van der Waals surface area contributed by atoms with Gasteiger partial charge in [-0.15, -0.1) is 0 Å². The lowest BCUT2D eigenvalue weighted by Crippen LogP contribution is -2.66. The first-order valence-corrected chi connectivity index (χ1v) is 28.9. The molecule has 436 valence electrons. The third-order valence-electron chi connectivity index (χ3n) is 14.9. The highest BCUT2D eigenvalue weighted by atomic mass is 16.8. The molecule has 3 fully saturated rings.